The summed E-state index contributed by atoms with van der Waals surface area (Å²) in [6.45, 7) is 7.52. The molecule has 11 heteroatoms. The first-order valence-corrected chi connectivity index (χ1v) is 15.4. The van der Waals surface area contributed by atoms with Crippen molar-refractivity contribution < 1.29 is 42.7 Å². The SMILES string of the molecule is COc1cc(C(=O)O[C@H]2CCCOc3cc(cc(OC)c3OC)COCCCN3CCCN(CC2)CC3)cc(OC)c1OC. The van der Waals surface area contributed by atoms with Gasteiger partial charge >= 0.3 is 5.97 Å². The number of hydrogen-bond donors (Lipinski definition) is 0. The van der Waals surface area contributed by atoms with E-state index in [1.807, 2.05) is 12.1 Å². The first kappa shape index (κ1) is 33.5. The molecule has 0 amide bonds. The van der Waals surface area contributed by atoms with Gasteiger partial charge in [0.2, 0.25) is 11.5 Å². The Labute approximate surface area is 261 Å². The predicted molar refractivity (Wildman–Crippen MR) is 166 cm³/mol. The molecule has 2 aromatic rings. The van der Waals surface area contributed by atoms with E-state index in [9.17, 15) is 4.79 Å². The maximum Gasteiger partial charge on any atom is 0.338 e. The standard InChI is InChI=1S/C33H48N2O9/c1-37-27-19-24-20-30(32(27)41-5)43-18-6-9-26(10-14-35-12-7-11-34(15-16-35)13-8-17-42-23-24)44-33(36)25-21-28(38-2)31(40-4)29(22-25)39-3/h19-22,26H,6-18,23H2,1-5H3/t26-/m0/s1. The average Bonchev–Trinajstić information content (AvgIpc) is 3.28. The Morgan fingerprint density at radius 3 is 1.98 bits per heavy atom. The highest BCUT2D eigenvalue weighted by atomic mass is 16.6. The van der Waals surface area contributed by atoms with Crippen molar-refractivity contribution in [2.45, 2.75) is 44.8 Å². The van der Waals surface area contributed by atoms with E-state index < -0.39 is 5.97 Å². The Bertz CT molecular complexity index is 1180. The molecule has 2 unspecified atom stereocenters. The Morgan fingerprint density at radius 2 is 1.32 bits per heavy atom. The van der Waals surface area contributed by atoms with E-state index in [0.29, 0.717) is 72.7 Å². The van der Waals surface area contributed by atoms with Gasteiger partial charge in [0.1, 0.15) is 6.10 Å². The van der Waals surface area contributed by atoms with Crippen molar-refractivity contribution in [2.75, 3.05) is 88.0 Å². The van der Waals surface area contributed by atoms with Crippen LogP contribution >= 0.6 is 0 Å². The number of carbonyl (C=O) groups excluding carboxylic acids is 1. The molecule has 2 aromatic carbocycles. The van der Waals surface area contributed by atoms with Gasteiger partial charge in [-0.15, -0.1) is 0 Å². The lowest BCUT2D eigenvalue weighted by molar-refractivity contribution is 0.0221. The van der Waals surface area contributed by atoms with Gasteiger partial charge in [0, 0.05) is 32.8 Å². The average molecular weight is 617 g/mol. The van der Waals surface area contributed by atoms with Crippen molar-refractivity contribution in [1.29, 1.82) is 0 Å². The summed E-state index contributed by atoms with van der Waals surface area (Å²) in [5.41, 5.74) is 1.30. The molecular weight excluding hydrogens is 568 g/mol. The van der Waals surface area contributed by atoms with Crippen molar-refractivity contribution in [3.63, 3.8) is 0 Å². The number of esters is 1. The topological polar surface area (TPSA) is 97.4 Å². The summed E-state index contributed by atoms with van der Waals surface area (Å²) in [7, 11) is 7.79. The van der Waals surface area contributed by atoms with Crippen LogP contribution in [0.3, 0.4) is 0 Å². The quantitative estimate of drug-likeness (QED) is 0.413. The van der Waals surface area contributed by atoms with Crippen molar-refractivity contribution in [2.24, 2.45) is 0 Å². The zero-order valence-electron chi connectivity index (χ0n) is 26.9. The molecule has 0 aliphatic carbocycles. The summed E-state index contributed by atoms with van der Waals surface area (Å²) < 4.78 is 45.9. The molecule has 0 aromatic heterocycles. The highest BCUT2D eigenvalue weighted by Gasteiger charge is 2.23. The van der Waals surface area contributed by atoms with Crippen LogP contribution < -0.4 is 28.4 Å². The molecule has 0 spiro atoms. The maximum atomic E-state index is 13.4. The molecule has 0 radical (unpaired) electrons. The van der Waals surface area contributed by atoms with Gasteiger partial charge in [-0.3, -0.25) is 0 Å². The Balaban J connectivity index is 1.52. The second-order valence-corrected chi connectivity index (χ2v) is 11.0. The van der Waals surface area contributed by atoms with E-state index in [0.717, 1.165) is 64.1 Å². The predicted octanol–water partition coefficient (Wildman–Crippen LogP) is 4.43. The molecule has 244 valence electrons. The smallest absolute Gasteiger partial charge is 0.338 e. The van der Waals surface area contributed by atoms with Gasteiger partial charge in [0.25, 0.3) is 0 Å². The number of ether oxygens (including phenoxy) is 8. The maximum absolute atomic E-state index is 13.4. The number of fused-ring (bicyclic) bond motifs is 5. The summed E-state index contributed by atoms with van der Waals surface area (Å²) in [6.07, 6.45) is 3.80. The lowest BCUT2D eigenvalue weighted by Gasteiger charge is -2.25. The van der Waals surface area contributed by atoms with Gasteiger partial charge in [-0.1, -0.05) is 0 Å². The normalized spacial score (nSPS) is 21.8. The Kier molecular flexibility index (Phi) is 13.1. The summed E-state index contributed by atoms with van der Waals surface area (Å²) in [5, 5.41) is 0. The fraction of sp³-hybridized carbons (Fsp3) is 0.606. The van der Waals surface area contributed by atoms with Crippen LogP contribution in [0, 0.1) is 0 Å². The number of carbonyl (C=O) groups is 1. The van der Waals surface area contributed by atoms with Gasteiger partial charge in [0.05, 0.1) is 54.3 Å². The molecule has 0 N–H and O–H groups in total. The minimum atomic E-state index is -0.435. The van der Waals surface area contributed by atoms with Crippen LogP contribution in [0.1, 0.15) is 48.0 Å². The van der Waals surface area contributed by atoms with E-state index in [1.165, 1.54) is 21.3 Å². The monoisotopic (exact) mass is 616 g/mol. The third-order valence-corrected chi connectivity index (χ3v) is 8.09. The van der Waals surface area contributed by atoms with Crippen LogP contribution in [0.15, 0.2) is 24.3 Å². The van der Waals surface area contributed by atoms with Gasteiger partial charge in [-0.2, -0.15) is 0 Å². The summed E-state index contributed by atoms with van der Waals surface area (Å²) in [4.78, 5) is 18.4. The molecular formula is C33H48N2O9. The molecule has 4 rings (SSSR count). The molecule has 44 heavy (non-hydrogen) atoms. The molecule has 2 aliphatic heterocycles. The fourth-order valence-corrected chi connectivity index (χ4v) is 5.73. The molecule has 1 saturated heterocycles. The molecule has 4 bridgehead atoms. The summed E-state index contributed by atoms with van der Waals surface area (Å²) in [5.74, 6) is 2.53. The molecule has 11 nitrogen and oxygen atoms in total. The second-order valence-electron chi connectivity index (χ2n) is 11.0. The van der Waals surface area contributed by atoms with Crippen molar-refractivity contribution in [1.82, 2.24) is 9.80 Å². The molecule has 2 aliphatic rings. The molecule has 0 saturated carbocycles. The van der Waals surface area contributed by atoms with E-state index in [1.54, 1.807) is 26.4 Å². The van der Waals surface area contributed by atoms with E-state index in [2.05, 4.69) is 9.80 Å². The highest BCUT2D eigenvalue weighted by Crippen LogP contribution is 2.40. The van der Waals surface area contributed by atoms with Crippen LogP contribution in [-0.2, 0) is 16.1 Å². The van der Waals surface area contributed by atoms with Crippen LogP contribution in [0.4, 0.5) is 0 Å². The van der Waals surface area contributed by atoms with Crippen molar-refractivity contribution in [3.8, 4) is 34.5 Å². The van der Waals surface area contributed by atoms with Gasteiger partial charge in [-0.25, -0.2) is 4.79 Å². The summed E-state index contributed by atoms with van der Waals surface area (Å²) >= 11 is 0. The second kappa shape index (κ2) is 17.2. The van der Waals surface area contributed by atoms with Crippen molar-refractivity contribution in [3.05, 3.63) is 35.4 Å². The molecule has 1 fully saturated rings. The Hall–Kier alpha value is -3.41. The van der Waals surface area contributed by atoms with Crippen molar-refractivity contribution >= 4 is 5.97 Å². The summed E-state index contributed by atoms with van der Waals surface area (Å²) in [6, 6.07) is 7.11. The van der Waals surface area contributed by atoms with Gasteiger partial charge in [-0.05, 0) is 75.0 Å². The zero-order valence-corrected chi connectivity index (χ0v) is 26.9. The number of hydrogen-bond acceptors (Lipinski definition) is 11. The zero-order chi connectivity index (χ0) is 31.3. The van der Waals surface area contributed by atoms with Crippen LogP contribution in [-0.4, -0.2) is 110 Å². The van der Waals surface area contributed by atoms with Gasteiger partial charge in [0.15, 0.2) is 23.0 Å². The minimum absolute atomic E-state index is 0.303. The lowest BCUT2D eigenvalue weighted by Crippen LogP contribution is -2.34. The number of benzene rings is 2. The molecule has 2 heterocycles. The van der Waals surface area contributed by atoms with Gasteiger partial charge < -0.3 is 47.7 Å². The van der Waals surface area contributed by atoms with E-state index >= 15 is 0 Å². The third kappa shape index (κ3) is 9.06. The third-order valence-electron chi connectivity index (χ3n) is 8.09. The number of methoxy groups -OCH3 is 5. The highest BCUT2D eigenvalue weighted by molar-refractivity contribution is 5.91. The number of nitrogens with zero attached hydrogens (tertiary/aromatic N) is 2. The lowest BCUT2D eigenvalue weighted by atomic mass is 10.1. The fourth-order valence-electron chi connectivity index (χ4n) is 5.73. The van der Waals surface area contributed by atoms with E-state index in [4.69, 9.17) is 37.9 Å². The largest absolute Gasteiger partial charge is 0.493 e. The van der Waals surface area contributed by atoms with Crippen LogP contribution in [0.2, 0.25) is 0 Å². The minimum Gasteiger partial charge on any atom is -0.493 e. The molecule has 3 atom stereocenters. The first-order valence-electron chi connectivity index (χ1n) is 15.4. The first-order chi connectivity index (χ1) is 21.5. The van der Waals surface area contributed by atoms with Crippen LogP contribution in [0.5, 0.6) is 34.5 Å². The van der Waals surface area contributed by atoms with Crippen LogP contribution in [0.25, 0.3) is 0 Å². The Morgan fingerprint density at radius 1 is 0.682 bits per heavy atom. The van der Waals surface area contributed by atoms with E-state index in [-0.39, 0.29) is 6.10 Å². The number of rotatable bonds is 7.